The zero-order valence-corrected chi connectivity index (χ0v) is 14.0. The number of fused-ring (bicyclic) bond motifs is 4. The number of aromatic nitrogens is 4. The zero-order chi connectivity index (χ0) is 16.6. The fraction of sp³-hybridized carbons (Fsp3) is 0.167. The van der Waals surface area contributed by atoms with E-state index < -0.39 is 0 Å². The standard InChI is InChI=1S/C18H14N4O2S/c1-2-6-13-12(5-1)16-17(19-13)20-18(22-21-16)25-10-11-9-23-14-7-3-4-8-15(14)24-11/h1-8,11H,9-10H2,(H,19,20,22). The van der Waals surface area contributed by atoms with E-state index >= 15 is 0 Å². The molecular formula is C18H14N4O2S. The van der Waals surface area contributed by atoms with Crippen molar-refractivity contribution in [3.8, 4) is 11.5 Å². The molecule has 0 aliphatic carbocycles. The van der Waals surface area contributed by atoms with Crippen LogP contribution in [0, 0.1) is 0 Å². The number of rotatable bonds is 3. The third kappa shape index (κ3) is 2.66. The smallest absolute Gasteiger partial charge is 0.211 e. The van der Waals surface area contributed by atoms with Crippen molar-refractivity contribution in [1.82, 2.24) is 20.2 Å². The maximum atomic E-state index is 5.96. The number of nitrogens with zero attached hydrogens (tertiary/aromatic N) is 3. The second-order valence-corrected chi connectivity index (χ2v) is 6.76. The van der Waals surface area contributed by atoms with Crippen LogP contribution in [-0.4, -0.2) is 38.6 Å². The molecule has 1 aliphatic heterocycles. The van der Waals surface area contributed by atoms with E-state index in [1.165, 1.54) is 11.8 Å². The maximum Gasteiger partial charge on any atom is 0.211 e. The van der Waals surface area contributed by atoms with Gasteiger partial charge in [0.2, 0.25) is 5.16 Å². The molecule has 0 amide bonds. The van der Waals surface area contributed by atoms with Crippen LogP contribution in [0.5, 0.6) is 11.5 Å². The number of hydrogen-bond acceptors (Lipinski definition) is 6. The molecule has 2 aromatic carbocycles. The molecule has 0 saturated carbocycles. The first-order chi connectivity index (χ1) is 12.4. The van der Waals surface area contributed by atoms with Gasteiger partial charge in [0, 0.05) is 16.7 Å². The number of thioether (sulfide) groups is 1. The van der Waals surface area contributed by atoms with Crippen molar-refractivity contribution in [2.45, 2.75) is 11.3 Å². The summed E-state index contributed by atoms with van der Waals surface area (Å²) in [6.45, 7) is 0.520. The lowest BCUT2D eigenvalue weighted by Gasteiger charge is -2.25. The molecule has 1 unspecified atom stereocenters. The van der Waals surface area contributed by atoms with Crippen LogP contribution in [0.4, 0.5) is 0 Å². The zero-order valence-electron chi connectivity index (χ0n) is 13.2. The lowest BCUT2D eigenvalue weighted by atomic mass is 10.2. The highest BCUT2D eigenvalue weighted by Crippen LogP contribution is 2.32. The molecule has 1 aliphatic rings. The Kier molecular flexibility index (Phi) is 3.45. The van der Waals surface area contributed by atoms with Crippen molar-refractivity contribution in [2.75, 3.05) is 12.4 Å². The van der Waals surface area contributed by atoms with Gasteiger partial charge in [0.15, 0.2) is 17.1 Å². The molecule has 25 heavy (non-hydrogen) atoms. The molecule has 0 saturated heterocycles. The van der Waals surface area contributed by atoms with Gasteiger partial charge in [-0.1, -0.05) is 42.1 Å². The second-order valence-electron chi connectivity index (χ2n) is 5.77. The summed E-state index contributed by atoms with van der Waals surface area (Å²) in [6.07, 6.45) is -0.0399. The first-order valence-corrected chi connectivity index (χ1v) is 8.98. The fourth-order valence-electron chi connectivity index (χ4n) is 2.88. The summed E-state index contributed by atoms with van der Waals surface area (Å²) in [6, 6.07) is 15.7. The minimum atomic E-state index is -0.0399. The Labute approximate surface area is 147 Å². The topological polar surface area (TPSA) is 72.9 Å². The number of aromatic amines is 1. The van der Waals surface area contributed by atoms with E-state index in [0.717, 1.165) is 33.6 Å². The van der Waals surface area contributed by atoms with Gasteiger partial charge in [-0.05, 0) is 18.2 Å². The lowest BCUT2D eigenvalue weighted by Crippen LogP contribution is -2.31. The van der Waals surface area contributed by atoms with Crippen LogP contribution in [0.1, 0.15) is 0 Å². The predicted octanol–water partition coefficient (Wildman–Crippen LogP) is 3.44. The van der Waals surface area contributed by atoms with Gasteiger partial charge in [0.25, 0.3) is 0 Å². The summed E-state index contributed by atoms with van der Waals surface area (Å²) in [7, 11) is 0. The molecule has 0 bridgehead atoms. The van der Waals surface area contributed by atoms with Crippen LogP contribution in [0.25, 0.3) is 22.1 Å². The quantitative estimate of drug-likeness (QED) is 0.571. The Morgan fingerprint density at radius 3 is 2.84 bits per heavy atom. The minimum absolute atomic E-state index is 0.0399. The first-order valence-electron chi connectivity index (χ1n) is 7.99. The molecule has 6 nitrogen and oxygen atoms in total. The summed E-state index contributed by atoms with van der Waals surface area (Å²) in [5, 5.41) is 10.2. The van der Waals surface area contributed by atoms with E-state index in [0.29, 0.717) is 17.5 Å². The SMILES string of the molecule is c1ccc2c(c1)OCC(CSc1nnc3c(n1)[nH]c1ccccc13)O2. The molecule has 4 aromatic rings. The highest BCUT2D eigenvalue weighted by atomic mass is 32.2. The molecule has 1 atom stereocenters. The second kappa shape index (κ2) is 5.93. The van der Waals surface area contributed by atoms with Crippen molar-refractivity contribution < 1.29 is 9.47 Å². The van der Waals surface area contributed by atoms with E-state index in [1.54, 1.807) is 0 Å². The Hall–Kier alpha value is -2.80. The average molecular weight is 350 g/mol. The van der Waals surface area contributed by atoms with Crippen molar-refractivity contribution in [3.63, 3.8) is 0 Å². The van der Waals surface area contributed by atoms with Gasteiger partial charge in [-0.25, -0.2) is 4.98 Å². The summed E-state index contributed by atoms with van der Waals surface area (Å²) >= 11 is 1.52. The number of ether oxygens (including phenoxy) is 2. The number of hydrogen-bond donors (Lipinski definition) is 1. The van der Waals surface area contributed by atoms with E-state index in [1.807, 2.05) is 48.5 Å². The van der Waals surface area contributed by atoms with Crippen LogP contribution < -0.4 is 9.47 Å². The Morgan fingerprint density at radius 1 is 1.04 bits per heavy atom. The number of para-hydroxylation sites is 3. The molecule has 0 radical (unpaired) electrons. The molecule has 124 valence electrons. The first kappa shape index (κ1) is 14.5. The summed E-state index contributed by atoms with van der Waals surface area (Å²) < 4.78 is 11.7. The molecule has 3 heterocycles. The van der Waals surface area contributed by atoms with Gasteiger partial charge >= 0.3 is 0 Å². The third-order valence-electron chi connectivity index (χ3n) is 4.07. The molecule has 0 spiro atoms. The molecule has 7 heteroatoms. The maximum absolute atomic E-state index is 5.96. The Balaban J connectivity index is 1.34. The van der Waals surface area contributed by atoms with Gasteiger partial charge < -0.3 is 14.5 Å². The molecule has 2 aromatic heterocycles. The molecule has 5 rings (SSSR count). The van der Waals surface area contributed by atoms with Crippen molar-refractivity contribution in [1.29, 1.82) is 0 Å². The monoisotopic (exact) mass is 350 g/mol. The minimum Gasteiger partial charge on any atom is -0.486 e. The van der Waals surface area contributed by atoms with Crippen LogP contribution >= 0.6 is 11.8 Å². The normalized spacial score (nSPS) is 16.4. The highest BCUT2D eigenvalue weighted by Gasteiger charge is 2.21. The van der Waals surface area contributed by atoms with Crippen LogP contribution in [0.3, 0.4) is 0 Å². The van der Waals surface area contributed by atoms with Gasteiger partial charge in [-0.3, -0.25) is 0 Å². The molecular weight excluding hydrogens is 336 g/mol. The lowest BCUT2D eigenvalue weighted by molar-refractivity contribution is 0.107. The Morgan fingerprint density at radius 2 is 1.88 bits per heavy atom. The van der Waals surface area contributed by atoms with Crippen LogP contribution in [0.2, 0.25) is 0 Å². The summed E-state index contributed by atoms with van der Waals surface area (Å²) in [5.74, 6) is 2.27. The van der Waals surface area contributed by atoms with Crippen LogP contribution in [-0.2, 0) is 0 Å². The van der Waals surface area contributed by atoms with E-state index in [4.69, 9.17) is 9.47 Å². The van der Waals surface area contributed by atoms with Crippen molar-refractivity contribution in [3.05, 3.63) is 48.5 Å². The number of benzene rings is 2. The van der Waals surface area contributed by atoms with Gasteiger partial charge in [-0.15, -0.1) is 10.2 Å². The van der Waals surface area contributed by atoms with Gasteiger partial charge in [0.1, 0.15) is 18.2 Å². The third-order valence-corrected chi connectivity index (χ3v) is 5.04. The number of nitrogens with one attached hydrogen (secondary N) is 1. The number of H-pyrrole nitrogens is 1. The fourth-order valence-corrected chi connectivity index (χ4v) is 3.63. The van der Waals surface area contributed by atoms with E-state index in [-0.39, 0.29) is 6.10 Å². The predicted molar refractivity (Wildman–Crippen MR) is 96.3 cm³/mol. The molecule has 0 fully saturated rings. The highest BCUT2D eigenvalue weighted by molar-refractivity contribution is 7.99. The summed E-state index contributed by atoms with van der Waals surface area (Å²) in [5.41, 5.74) is 2.57. The summed E-state index contributed by atoms with van der Waals surface area (Å²) in [4.78, 5) is 7.87. The Bertz CT molecular complexity index is 1070. The molecule has 1 N–H and O–H groups in total. The average Bonchev–Trinajstić information content (AvgIpc) is 3.04. The van der Waals surface area contributed by atoms with E-state index in [9.17, 15) is 0 Å². The van der Waals surface area contributed by atoms with E-state index in [2.05, 4.69) is 20.2 Å². The van der Waals surface area contributed by atoms with Crippen molar-refractivity contribution in [2.24, 2.45) is 0 Å². The van der Waals surface area contributed by atoms with Crippen LogP contribution in [0.15, 0.2) is 53.7 Å². The van der Waals surface area contributed by atoms with Gasteiger partial charge in [-0.2, -0.15) is 0 Å². The largest absolute Gasteiger partial charge is 0.486 e. The van der Waals surface area contributed by atoms with Crippen molar-refractivity contribution >= 4 is 33.8 Å². The van der Waals surface area contributed by atoms with Gasteiger partial charge in [0.05, 0.1) is 0 Å².